The van der Waals surface area contributed by atoms with E-state index in [9.17, 15) is 0 Å². The first-order valence-electron chi connectivity index (χ1n) is 9.25. The van der Waals surface area contributed by atoms with E-state index in [0.717, 1.165) is 17.7 Å². The number of aliphatic imine (C=N–C) groups is 2. The summed E-state index contributed by atoms with van der Waals surface area (Å²) < 4.78 is 0. The zero-order valence-electron chi connectivity index (χ0n) is 15.0. The maximum Gasteiger partial charge on any atom is 0.218 e. The molecule has 0 saturated carbocycles. The molecule has 3 unspecified atom stereocenters. The number of hydrogen-bond acceptors (Lipinski definition) is 3. The van der Waals surface area contributed by atoms with E-state index in [-0.39, 0.29) is 11.3 Å². The van der Waals surface area contributed by atoms with Gasteiger partial charge in [0.1, 0.15) is 0 Å². The third-order valence-electron chi connectivity index (χ3n) is 5.35. The normalized spacial score (nSPS) is 26.4. The molecule has 0 aromatic heterocycles. The molecule has 0 amide bonds. The lowest BCUT2D eigenvalue weighted by Gasteiger charge is -2.25. The van der Waals surface area contributed by atoms with Gasteiger partial charge in [0.25, 0.3) is 0 Å². The van der Waals surface area contributed by atoms with Crippen molar-refractivity contribution in [2.75, 3.05) is 0 Å². The molecular weight excluding hydrogens is 372 g/mol. The summed E-state index contributed by atoms with van der Waals surface area (Å²) in [5.74, 6) is 0.560. The molecule has 0 spiro atoms. The fourth-order valence-electron chi connectivity index (χ4n) is 3.99. The van der Waals surface area contributed by atoms with E-state index < -0.39 is 0 Å². The van der Waals surface area contributed by atoms with Crippen molar-refractivity contribution >= 4 is 34.4 Å². The van der Waals surface area contributed by atoms with E-state index in [2.05, 4.69) is 77.6 Å². The number of nitrogens with zero attached hydrogens (tertiary/aromatic N) is 2. The standard InChI is InChI=1S/C23H19ClN2S/c1-14-7-12-19-18(13-14)21-22(27-19)20(25-23(24)26-21)17-10-8-16(9-11-17)15-5-3-2-4-6-15/h2-12,14,21-22H,13H2,1H3. The molecule has 0 fully saturated rings. The molecule has 0 radical (unpaired) electrons. The van der Waals surface area contributed by atoms with E-state index in [1.807, 2.05) is 17.8 Å². The molecule has 134 valence electrons. The van der Waals surface area contributed by atoms with Crippen molar-refractivity contribution in [3.05, 3.63) is 82.8 Å². The minimum Gasteiger partial charge on any atom is -0.247 e. The first kappa shape index (κ1) is 17.0. The summed E-state index contributed by atoms with van der Waals surface area (Å²) in [5.41, 5.74) is 6.02. The van der Waals surface area contributed by atoms with Crippen LogP contribution in [-0.4, -0.2) is 22.3 Å². The van der Waals surface area contributed by atoms with Crippen molar-refractivity contribution < 1.29 is 0 Å². The van der Waals surface area contributed by atoms with Gasteiger partial charge in [0, 0.05) is 4.91 Å². The molecule has 1 aliphatic carbocycles. The van der Waals surface area contributed by atoms with Crippen LogP contribution < -0.4 is 0 Å². The SMILES string of the molecule is CC1C=CC2=C(C1)C1N=C(Cl)N=C(c3ccc(-c4ccccc4)cc3)C1S2. The summed E-state index contributed by atoms with van der Waals surface area (Å²) >= 11 is 8.22. The predicted octanol–water partition coefficient (Wildman–Crippen LogP) is 6.09. The molecule has 0 N–H and O–H groups in total. The van der Waals surface area contributed by atoms with E-state index >= 15 is 0 Å². The molecule has 0 saturated heterocycles. The largest absolute Gasteiger partial charge is 0.247 e. The number of benzene rings is 2. The van der Waals surface area contributed by atoms with Crippen LogP contribution in [0.3, 0.4) is 0 Å². The van der Waals surface area contributed by atoms with Crippen molar-refractivity contribution in [3.8, 4) is 11.1 Å². The Bertz CT molecular complexity index is 1000. The van der Waals surface area contributed by atoms with E-state index in [4.69, 9.17) is 11.6 Å². The van der Waals surface area contributed by atoms with Gasteiger partial charge >= 0.3 is 0 Å². The van der Waals surface area contributed by atoms with Gasteiger partial charge in [0.2, 0.25) is 5.29 Å². The second-order valence-corrected chi connectivity index (χ2v) is 8.77. The molecule has 2 aromatic carbocycles. The lowest BCUT2D eigenvalue weighted by Crippen LogP contribution is -2.33. The molecule has 2 aromatic rings. The summed E-state index contributed by atoms with van der Waals surface area (Å²) in [6.45, 7) is 2.25. The first-order chi connectivity index (χ1) is 13.2. The lowest BCUT2D eigenvalue weighted by molar-refractivity contribution is 0.653. The maximum atomic E-state index is 6.34. The van der Waals surface area contributed by atoms with Crippen LogP contribution in [0.4, 0.5) is 0 Å². The second-order valence-electron chi connectivity index (χ2n) is 7.25. The van der Waals surface area contributed by atoms with Gasteiger partial charge in [-0.2, -0.15) is 0 Å². The van der Waals surface area contributed by atoms with Crippen LogP contribution in [0.2, 0.25) is 0 Å². The van der Waals surface area contributed by atoms with Crippen molar-refractivity contribution in [2.45, 2.75) is 24.6 Å². The van der Waals surface area contributed by atoms with Gasteiger partial charge in [0.05, 0.1) is 17.0 Å². The zero-order valence-corrected chi connectivity index (χ0v) is 16.5. The molecule has 3 aliphatic rings. The van der Waals surface area contributed by atoms with Gasteiger partial charge in [-0.15, -0.1) is 11.8 Å². The summed E-state index contributed by atoms with van der Waals surface area (Å²) in [6.07, 6.45) is 5.61. The summed E-state index contributed by atoms with van der Waals surface area (Å²) in [5, 5.41) is 0.588. The average molecular weight is 391 g/mol. The topological polar surface area (TPSA) is 24.7 Å². The number of halogens is 1. The Morgan fingerprint density at radius 2 is 1.67 bits per heavy atom. The first-order valence-corrected chi connectivity index (χ1v) is 10.5. The highest BCUT2D eigenvalue weighted by molar-refractivity contribution is 8.05. The van der Waals surface area contributed by atoms with Crippen LogP contribution in [0, 0.1) is 5.92 Å². The monoisotopic (exact) mass is 390 g/mol. The Kier molecular flexibility index (Phi) is 4.30. The summed E-state index contributed by atoms with van der Waals surface area (Å²) in [6, 6.07) is 19.2. The highest BCUT2D eigenvalue weighted by Crippen LogP contribution is 2.47. The third-order valence-corrected chi connectivity index (χ3v) is 6.92. The fourth-order valence-corrected chi connectivity index (χ4v) is 5.63. The number of hydrogen-bond donors (Lipinski definition) is 0. The number of rotatable bonds is 2. The van der Waals surface area contributed by atoms with Gasteiger partial charge in [-0.3, -0.25) is 0 Å². The van der Waals surface area contributed by atoms with Crippen LogP contribution in [0.5, 0.6) is 0 Å². The fraction of sp³-hybridized carbons (Fsp3) is 0.217. The van der Waals surface area contributed by atoms with Gasteiger partial charge in [-0.05, 0) is 46.2 Å². The highest BCUT2D eigenvalue weighted by Gasteiger charge is 2.41. The molecular formula is C23H19ClN2S. The number of allylic oxidation sites excluding steroid dienone is 2. The lowest BCUT2D eigenvalue weighted by atomic mass is 9.87. The van der Waals surface area contributed by atoms with Crippen LogP contribution in [-0.2, 0) is 0 Å². The Morgan fingerprint density at radius 1 is 0.963 bits per heavy atom. The molecule has 0 bridgehead atoms. The predicted molar refractivity (Wildman–Crippen MR) is 117 cm³/mol. The smallest absolute Gasteiger partial charge is 0.218 e. The Hall–Kier alpha value is -2.10. The molecule has 4 heteroatoms. The molecule has 3 atom stereocenters. The Morgan fingerprint density at radius 3 is 2.44 bits per heavy atom. The third kappa shape index (κ3) is 3.09. The van der Waals surface area contributed by atoms with Crippen molar-refractivity contribution in [1.29, 1.82) is 0 Å². The van der Waals surface area contributed by atoms with E-state index in [1.165, 1.54) is 21.6 Å². The Labute approximate surface area is 168 Å². The van der Waals surface area contributed by atoms with Crippen molar-refractivity contribution in [1.82, 2.24) is 0 Å². The quantitative estimate of drug-likeness (QED) is 0.570. The van der Waals surface area contributed by atoms with Crippen molar-refractivity contribution in [3.63, 3.8) is 0 Å². The number of fused-ring (bicyclic) bond motifs is 2. The summed E-state index contributed by atoms with van der Waals surface area (Å²) in [7, 11) is 0. The van der Waals surface area contributed by atoms with Crippen LogP contribution in [0.25, 0.3) is 11.1 Å². The number of amidine groups is 1. The van der Waals surface area contributed by atoms with E-state index in [1.54, 1.807) is 0 Å². The minimum absolute atomic E-state index is 0.117. The molecule has 5 rings (SSSR count). The molecule has 27 heavy (non-hydrogen) atoms. The van der Waals surface area contributed by atoms with Crippen LogP contribution in [0.15, 0.2) is 87.2 Å². The van der Waals surface area contributed by atoms with E-state index in [0.29, 0.717) is 11.2 Å². The van der Waals surface area contributed by atoms with Crippen molar-refractivity contribution in [2.24, 2.45) is 15.9 Å². The maximum absolute atomic E-state index is 6.34. The van der Waals surface area contributed by atoms with Gasteiger partial charge < -0.3 is 0 Å². The molecule has 2 nitrogen and oxygen atoms in total. The van der Waals surface area contributed by atoms with Crippen LogP contribution >= 0.6 is 23.4 Å². The van der Waals surface area contributed by atoms with Gasteiger partial charge in [0.15, 0.2) is 0 Å². The second kappa shape index (κ2) is 6.81. The average Bonchev–Trinajstić information content (AvgIpc) is 3.06. The minimum atomic E-state index is 0.117. The highest BCUT2D eigenvalue weighted by atomic mass is 35.5. The molecule has 2 aliphatic heterocycles. The molecule has 2 heterocycles. The van der Waals surface area contributed by atoms with Gasteiger partial charge in [-0.1, -0.05) is 73.7 Å². The summed E-state index contributed by atoms with van der Waals surface area (Å²) in [4.78, 5) is 10.7. The zero-order chi connectivity index (χ0) is 18.4. The van der Waals surface area contributed by atoms with Gasteiger partial charge in [-0.25, -0.2) is 9.98 Å². The Balaban J connectivity index is 1.47. The number of thioether (sulfide) groups is 1. The van der Waals surface area contributed by atoms with Crippen LogP contribution in [0.1, 0.15) is 18.9 Å².